The van der Waals surface area contributed by atoms with E-state index in [1.165, 1.54) is 6.07 Å². The van der Waals surface area contributed by atoms with E-state index in [0.29, 0.717) is 17.2 Å². The number of anilines is 2. The molecular formula is C21H13F3N4. The lowest BCUT2D eigenvalue weighted by Gasteiger charge is -2.13. The highest BCUT2D eigenvalue weighted by Gasteiger charge is 2.30. The number of para-hydroxylation sites is 1. The Hall–Kier alpha value is -3.61. The van der Waals surface area contributed by atoms with Crippen molar-refractivity contribution in [3.8, 4) is 0 Å². The van der Waals surface area contributed by atoms with Crippen molar-refractivity contribution in [3.05, 3.63) is 78.6 Å². The standard InChI is InChI=1S/C21H13F3N4/c22-21(23,24)14-5-3-6-15(11-14)26-20-16-8-9-25-12-18(16)28-17-7-2-1-4-13(17)10-19(28)27-20/h1-12H,(H,26,27). The summed E-state index contributed by atoms with van der Waals surface area (Å²) in [6.45, 7) is 0. The largest absolute Gasteiger partial charge is 0.416 e. The number of halogens is 3. The summed E-state index contributed by atoms with van der Waals surface area (Å²) in [5.41, 5.74) is 2.12. The summed E-state index contributed by atoms with van der Waals surface area (Å²) in [6.07, 6.45) is -1.03. The summed E-state index contributed by atoms with van der Waals surface area (Å²) >= 11 is 0. The number of aromatic nitrogens is 3. The second kappa shape index (κ2) is 5.95. The van der Waals surface area contributed by atoms with Crippen LogP contribution in [0.4, 0.5) is 24.7 Å². The van der Waals surface area contributed by atoms with Crippen LogP contribution in [-0.4, -0.2) is 14.4 Å². The molecule has 1 N–H and O–H groups in total. The number of nitrogens with zero attached hydrogens (tertiary/aromatic N) is 3. The molecule has 4 nitrogen and oxygen atoms in total. The lowest BCUT2D eigenvalue weighted by atomic mass is 10.2. The number of benzene rings is 2. The average molecular weight is 378 g/mol. The molecule has 28 heavy (non-hydrogen) atoms. The van der Waals surface area contributed by atoms with Crippen LogP contribution in [0, 0.1) is 0 Å². The Morgan fingerprint density at radius 1 is 0.893 bits per heavy atom. The van der Waals surface area contributed by atoms with Crippen molar-refractivity contribution in [2.24, 2.45) is 0 Å². The van der Waals surface area contributed by atoms with Crippen molar-refractivity contribution in [3.63, 3.8) is 0 Å². The van der Waals surface area contributed by atoms with Crippen LogP contribution in [0.5, 0.6) is 0 Å². The molecule has 2 aromatic carbocycles. The molecule has 0 saturated carbocycles. The first-order chi connectivity index (χ1) is 13.5. The topological polar surface area (TPSA) is 42.2 Å². The molecule has 7 heteroatoms. The zero-order chi connectivity index (χ0) is 19.3. The Morgan fingerprint density at radius 3 is 2.61 bits per heavy atom. The van der Waals surface area contributed by atoms with Gasteiger partial charge in [0.05, 0.1) is 22.8 Å². The monoisotopic (exact) mass is 378 g/mol. The van der Waals surface area contributed by atoms with Gasteiger partial charge in [0.15, 0.2) is 0 Å². The quantitative estimate of drug-likeness (QED) is 0.422. The van der Waals surface area contributed by atoms with E-state index < -0.39 is 11.7 Å². The zero-order valence-corrected chi connectivity index (χ0v) is 14.4. The Kier molecular flexibility index (Phi) is 3.52. The summed E-state index contributed by atoms with van der Waals surface area (Å²) in [5, 5.41) is 4.83. The molecule has 0 spiro atoms. The van der Waals surface area contributed by atoms with Crippen LogP contribution in [0.25, 0.3) is 27.5 Å². The summed E-state index contributed by atoms with van der Waals surface area (Å²) in [4.78, 5) is 8.89. The Morgan fingerprint density at radius 2 is 1.75 bits per heavy atom. The van der Waals surface area contributed by atoms with Gasteiger partial charge in [-0.2, -0.15) is 13.2 Å². The molecule has 0 unspecified atom stereocenters. The van der Waals surface area contributed by atoms with Gasteiger partial charge in [-0.15, -0.1) is 0 Å². The molecule has 0 fully saturated rings. The highest BCUT2D eigenvalue weighted by atomic mass is 19.4. The van der Waals surface area contributed by atoms with Gasteiger partial charge >= 0.3 is 6.18 Å². The normalized spacial score (nSPS) is 12.1. The molecule has 0 aliphatic heterocycles. The van der Waals surface area contributed by atoms with E-state index in [1.54, 1.807) is 24.5 Å². The maximum Gasteiger partial charge on any atom is 0.416 e. The highest BCUT2D eigenvalue weighted by Crippen LogP contribution is 2.33. The number of hydrogen-bond donors (Lipinski definition) is 1. The molecule has 0 aliphatic carbocycles. The van der Waals surface area contributed by atoms with Crippen molar-refractivity contribution in [2.75, 3.05) is 5.32 Å². The van der Waals surface area contributed by atoms with Crippen molar-refractivity contribution < 1.29 is 13.2 Å². The van der Waals surface area contributed by atoms with Crippen LogP contribution in [0.15, 0.2) is 73.1 Å². The fourth-order valence-electron chi connectivity index (χ4n) is 3.42. The Labute approximate surface area is 157 Å². The molecule has 0 amide bonds. The van der Waals surface area contributed by atoms with Gasteiger partial charge in [-0.1, -0.05) is 24.3 Å². The van der Waals surface area contributed by atoms with Crippen molar-refractivity contribution in [2.45, 2.75) is 6.18 Å². The summed E-state index contributed by atoms with van der Waals surface area (Å²) in [7, 11) is 0. The second-order valence-corrected chi connectivity index (χ2v) is 6.45. The van der Waals surface area contributed by atoms with Crippen LogP contribution >= 0.6 is 0 Å². The summed E-state index contributed by atoms with van der Waals surface area (Å²) in [6, 6.07) is 16.7. The predicted molar refractivity (Wildman–Crippen MR) is 103 cm³/mol. The number of hydrogen-bond acceptors (Lipinski definition) is 3. The molecule has 5 rings (SSSR count). The lowest BCUT2D eigenvalue weighted by molar-refractivity contribution is -0.137. The molecule has 0 atom stereocenters. The summed E-state index contributed by atoms with van der Waals surface area (Å²) < 4.78 is 41.1. The van der Waals surface area contributed by atoms with E-state index in [0.717, 1.165) is 33.9 Å². The molecule has 0 radical (unpaired) electrons. The molecule has 3 heterocycles. The number of pyridine rings is 1. The molecular weight excluding hydrogens is 365 g/mol. The zero-order valence-electron chi connectivity index (χ0n) is 14.4. The van der Waals surface area contributed by atoms with Crippen molar-refractivity contribution in [1.82, 2.24) is 14.4 Å². The smallest absolute Gasteiger partial charge is 0.340 e. The molecule has 0 bridgehead atoms. The van der Waals surface area contributed by atoms with E-state index in [9.17, 15) is 13.2 Å². The van der Waals surface area contributed by atoms with Crippen LogP contribution in [0.1, 0.15) is 5.56 Å². The fourth-order valence-corrected chi connectivity index (χ4v) is 3.42. The third-order valence-electron chi connectivity index (χ3n) is 4.67. The SMILES string of the molecule is FC(F)(F)c1cccc(Nc2nc3cc4ccccc4n3c3cnccc23)c1. The van der Waals surface area contributed by atoms with E-state index in [-0.39, 0.29) is 0 Å². The van der Waals surface area contributed by atoms with E-state index in [4.69, 9.17) is 0 Å². The van der Waals surface area contributed by atoms with Crippen LogP contribution in [-0.2, 0) is 6.18 Å². The van der Waals surface area contributed by atoms with Gasteiger partial charge < -0.3 is 5.32 Å². The lowest BCUT2D eigenvalue weighted by Crippen LogP contribution is -2.06. The minimum Gasteiger partial charge on any atom is -0.340 e. The maximum atomic E-state index is 13.0. The molecule has 138 valence electrons. The Bertz CT molecular complexity index is 1340. The third-order valence-corrected chi connectivity index (χ3v) is 4.67. The first kappa shape index (κ1) is 16.6. The van der Waals surface area contributed by atoms with Crippen LogP contribution in [0.3, 0.4) is 0 Å². The summed E-state index contributed by atoms with van der Waals surface area (Å²) in [5.74, 6) is 0.479. The minimum atomic E-state index is -4.40. The molecule has 3 aromatic heterocycles. The Balaban J connectivity index is 1.72. The number of rotatable bonds is 2. The molecule has 0 aliphatic rings. The van der Waals surface area contributed by atoms with E-state index >= 15 is 0 Å². The third kappa shape index (κ3) is 2.63. The first-order valence-electron chi connectivity index (χ1n) is 8.59. The minimum absolute atomic E-state index is 0.320. The maximum absolute atomic E-state index is 13.0. The predicted octanol–water partition coefficient (Wildman–Crippen LogP) is 5.80. The van der Waals surface area contributed by atoms with E-state index in [1.807, 2.05) is 34.7 Å². The van der Waals surface area contributed by atoms with Gasteiger partial charge in [-0.25, -0.2) is 4.98 Å². The first-order valence-corrected chi connectivity index (χ1v) is 8.59. The highest BCUT2D eigenvalue weighted by molar-refractivity contribution is 5.98. The van der Waals surface area contributed by atoms with Crippen LogP contribution in [0.2, 0.25) is 0 Å². The van der Waals surface area contributed by atoms with E-state index in [2.05, 4.69) is 15.3 Å². The number of alkyl halides is 3. The van der Waals surface area contributed by atoms with Gasteiger partial charge in [0, 0.05) is 22.7 Å². The van der Waals surface area contributed by atoms with Gasteiger partial charge in [-0.3, -0.25) is 9.38 Å². The molecule has 5 aromatic rings. The number of nitrogens with one attached hydrogen (secondary N) is 1. The van der Waals surface area contributed by atoms with Crippen molar-refractivity contribution >= 4 is 39.0 Å². The average Bonchev–Trinajstić information content (AvgIpc) is 3.06. The van der Waals surface area contributed by atoms with Gasteiger partial charge in [-0.05, 0) is 36.4 Å². The van der Waals surface area contributed by atoms with Gasteiger partial charge in [0.2, 0.25) is 0 Å². The van der Waals surface area contributed by atoms with Gasteiger partial charge in [0.25, 0.3) is 0 Å². The molecule has 0 saturated heterocycles. The van der Waals surface area contributed by atoms with Gasteiger partial charge in [0.1, 0.15) is 11.5 Å². The second-order valence-electron chi connectivity index (χ2n) is 6.45. The van der Waals surface area contributed by atoms with Crippen molar-refractivity contribution in [1.29, 1.82) is 0 Å². The van der Waals surface area contributed by atoms with Crippen LogP contribution < -0.4 is 5.32 Å². The number of fused-ring (bicyclic) bond motifs is 5. The fraction of sp³-hybridized carbons (Fsp3) is 0.0476.